The first kappa shape index (κ1) is 24.0. The summed E-state index contributed by atoms with van der Waals surface area (Å²) in [5.41, 5.74) is 2.38. The van der Waals surface area contributed by atoms with Gasteiger partial charge in [-0.1, -0.05) is 53.0 Å². The highest BCUT2D eigenvalue weighted by atomic mass is 35.5. The number of nitrogens with zero attached hydrogens (tertiary/aromatic N) is 1. The van der Waals surface area contributed by atoms with Gasteiger partial charge in [0.05, 0.1) is 0 Å². The topological polar surface area (TPSA) is 51.2 Å². The molecule has 0 saturated carbocycles. The van der Waals surface area contributed by atoms with E-state index in [1.165, 1.54) is 12.1 Å². The van der Waals surface area contributed by atoms with E-state index in [0.717, 1.165) is 11.6 Å². The summed E-state index contributed by atoms with van der Waals surface area (Å²) in [7, 11) is 0. The predicted molar refractivity (Wildman–Crippen MR) is 132 cm³/mol. The molecule has 0 aliphatic heterocycles. The normalized spacial score (nSPS) is 11.6. The third-order valence-electron chi connectivity index (χ3n) is 5.06. The zero-order valence-corrected chi connectivity index (χ0v) is 19.9. The molecule has 1 atom stereocenters. The lowest BCUT2D eigenvalue weighted by Crippen LogP contribution is -2.23. The van der Waals surface area contributed by atoms with Gasteiger partial charge in [0.2, 0.25) is 0 Å². The van der Waals surface area contributed by atoms with Gasteiger partial charge >= 0.3 is 0 Å². The first-order chi connectivity index (χ1) is 16.4. The van der Waals surface area contributed by atoms with E-state index in [2.05, 4.69) is 10.3 Å². The number of hydrogen-bond acceptors (Lipinski definition) is 3. The molecule has 0 saturated heterocycles. The average molecular weight is 516 g/mol. The van der Waals surface area contributed by atoms with Gasteiger partial charge < -0.3 is 10.1 Å². The molecule has 4 aromatic rings. The van der Waals surface area contributed by atoms with Crippen molar-refractivity contribution in [1.29, 1.82) is 0 Å². The summed E-state index contributed by atoms with van der Waals surface area (Å²) in [5.74, 6) is -1.12. The van der Waals surface area contributed by atoms with Crippen molar-refractivity contribution in [2.45, 2.75) is 12.6 Å². The molecule has 4 nitrogen and oxygen atoms in total. The predicted octanol–water partition coefficient (Wildman–Crippen LogP) is 7.28. The Balaban J connectivity index is 1.57. The molecule has 1 N–H and O–H groups in total. The van der Waals surface area contributed by atoms with Crippen LogP contribution in [0.3, 0.4) is 0 Å². The fourth-order valence-corrected chi connectivity index (χ4v) is 3.95. The van der Waals surface area contributed by atoms with Crippen molar-refractivity contribution in [2.75, 3.05) is 0 Å². The lowest BCUT2D eigenvalue weighted by atomic mass is 10.0. The highest BCUT2D eigenvalue weighted by Gasteiger charge is 2.22. The Morgan fingerprint density at radius 2 is 1.62 bits per heavy atom. The maximum absolute atomic E-state index is 15.0. The van der Waals surface area contributed by atoms with Crippen LogP contribution in [0.5, 0.6) is 5.75 Å². The number of carbonyl (C=O) groups is 1. The second kappa shape index (κ2) is 10.9. The Kier molecular flexibility index (Phi) is 7.68. The third kappa shape index (κ3) is 5.86. The number of hydrogen-bond donors (Lipinski definition) is 1. The Labute approximate surface area is 211 Å². The molecule has 0 spiro atoms. The van der Waals surface area contributed by atoms with Crippen molar-refractivity contribution >= 4 is 40.7 Å². The molecule has 172 valence electrons. The number of rotatable bonds is 7. The van der Waals surface area contributed by atoms with Gasteiger partial charge in [-0.25, -0.2) is 4.39 Å². The van der Waals surface area contributed by atoms with Crippen molar-refractivity contribution in [3.63, 3.8) is 0 Å². The van der Waals surface area contributed by atoms with Crippen LogP contribution in [-0.2, 0) is 6.54 Å². The quantitative estimate of drug-likeness (QED) is 0.281. The molecule has 0 radical (unpaired) electrons. The Morgan fingerprint density at radius 1 is 0.912 bits per heavy atom. The highest BCUT2D eigenvalue weighted by molar-refractivity contribution is 6.35. The first-order valence-corrected chi connectivity index (χ1v) is 11.4. The first-order valence-electron chi connectivity index (χ1n) is 10.2. The molecule has 4 rings (SSSR count). The number of nitrogens with one attached hydrogen (secondary N) is 1. The van der Waals surface area contributed by atoms with Gasteiger partial charge in [-0.3, -0.25) is 9.78 Å². The summed E-state index contributed by atoms with van der Waals surface area (Å²) in [6.45, 7) is 0.301. The van der Waals surface area contributed by atoms with Crippen LogP contribution in [0, 0.1) is 5.82 Å². The maximum Gasteiger partial charge on any atom is 0.251 e. The van der Waals surface area contributed by atoms with E-state index >= 15 is 4.39 Å². The van der Waals surface area contributed by atoms with Crippen molar-refractivity contribution in [1.82, 2.24) is 10.3 Å². The van der Waals surface area contributed by atoms with E-state index in [9.17, 15) is 4.79 Å². The van der Waals surface area contributed by atoms with E-state index in [1.54, 1.807) is 67.0 Å². The monoisotopic (exact) mass is 514 g/mol. The van der Waals surface area contributed by atoms with Crippen LogP contribution >= 0.6 is 34.8 Å². The molecule has 0 fully saturated rings. The van der Waals surface area contributed by atoms with E-state index in [1.807, 2.05) is 0 Å². The van der Waals surface area contributed by atoms with E-state index < -0.39 is 17.8 Å². The van der Waals surface area contributed by atoms with Crippen LogP contribution in [0.2, 0.25) is 15.1 Å². The second-order valence-corrected chi connectivity index (χ2v) is 8.68. The fraction of sp³-hybridized carbons (Fsp3) is 0.0769. The van der Waals surface area contributed by atoms with Gasteiger partial charge in [0, 0.05) is 45.1 Å². The SMILES string of the molecule is O=C(NCc1ccncc1)c1ccc(OC(c2ccc(Cl)cc2)c2ccc(Cl)cc2Cl)c(F)c1. The largest absolute Gasteiger partial charge is 0.478 e. The molecular formula is C26H18Cl3FN2O2. The molecule has 1 heterocycles. The van der Waals surface area contributed by atoms with Crippen LogP contribution in [-0.4, -0.2) is 10.9 Å². The summed E-state index contributed by atoms with van der Waals surface area (Å²) < 4.78 is 21.1. The molecule has 0 aliphatic carbocycles. The number of pyridine rings is 1. The van der Waals surface area contributed by atoms with Gasteiger partial charge in [0.1, 0.15) is 0 Å². The van der Waals surface area contributed by atoms with Crippen LogP contribution in [0.15, 0.2) is 85.2 Å². The van der Waals surface area contributed by atoms with E-state index in [4.69, 9.17) is 39.5 Å². The second-order valence-electron chi connectivity index (χ2n) is 7.40. The molecule has 34 heavy (non-hydrogen) atoms. The zero-order valence-electron chi connectivity index (χ0n) is 17.6. The van der Waals surface area contributed by atoms with Crippen LogP contribution in [0.25, 0.3) is 0 Å². The number of amides is 1. The highest BCUT2D eigenvalue weighted by Crippen LogP contribution is 2.35. The number of halogens is 4. The van der Waals surface area contributed by atoms with Crippen molar-refractivity contribution in [2.24, 2.45) is 0 Å². The molecule has 1 unspecified atom stereocenters. The summed E-state index contributed by atoms with van der Waals surface area (Å²) in [6.07, 6.45) is 2.54. The van der Waals surface area contributed by atoms with E-state index in [0.29, 0.717) is 32.7 Å². The van der Waals surface area contributed by atoms with Crippen LogP contribution in [0.1, 0.15) is 33.2 Å². The minimum absolute atomic E-state index is 0.0309. The molecular weight excluding hydrogens is 498 g/mol. The Morgan fingerprint density at radius 3 is 2.29 bits per heavy atom. The summed E-state index contributed by atoms with van der Waals surface area (Å²) >= 11 is 18.5. The average Bonchev–Trinajstić information content (AvgIpc) is 2.83. The minimum Gasteiger partial charge on any atom is -0.478 e. The van der Waals surface area contributed by atoms with E-state index in [-0.39, 0.29) is 11.3 Å². The maximum atomic E-state index is 15.0. The smallest absolute Gasteiger partial charge is 0.251 e. The lowest BCUT2D eigenvalue weighted by Gasteiger charge is -2.22. The van der Waals surface area contributed by atoms with Gasteiger partial charge in [-0.15, -0.1) is 0 Å². The van der Waals surface area contributed by atoms with Crippen molar-refractivity contribution < 1.29 is 13.9 Å². The van der Waals surface area contributed by atoms with Gasteiger partial charge in [0.25, 0.3) is 5.91 Å². The Hall–Kier alpha value is -3.12. The molecule has 8 heteroatoms. The van der Waals surface area contributed by atoms with Crippen LogP contribution < -0.4 is 10.1 Å². The molecule has 0 bridgehead atoms. The van der Waals surface area contributed by atoms with Gasteiger partial charge in [-0.05, 0) is 65.7 Å². The third-order valence-corrected chi connectivity index (χ3v) is 5.87. The van der Waals surface area contributed by atoms with Crippen LogP contribution in [0.4, 0.5) is 4.39 Å². The van der Waals surface area contributed by atoms with Crippen molar-refractivity contribution in [3.05, 3.63) is 128 Å². The summed E-state index contributed by atoms with van der Waals surface area (Å²) in [6, 6.07) is 19.6. The lowest BCUT2D eigenvalue weighted by molar-refractivity contribution is 0.0950. The molecule has 1 amide bonds. The van der Waals surface area contributed by atoms with Gasteiger partial charge in [0.15, 0.2) is 17.7 Å². The fourth-order valence-electron chi connectivity index (χ4n) is 3.31. The molecule has 3 aromatic carbocycles. The van der Waals surface area contributed by atoms with Gasteiger partial charge in [-0.2, -0.15) is 0 Å². The summed E-state index contributed by atoms with van der Waals surface area (Å²) in [4.78, 5) is 16.4. The number of carbonyl (C=O) groups excluding carboxylic acids is 1. The molecule has 1 aromatic heterocycles. The zero-order chi connectivity index (χ0) is 24.1. The standard InChI is InChI=1S/C26H18Cl3FN2O2/c27-19-4-1-17(2-5-19)25(21-7-6-20(28)14-22(21)29)34-24-8-3-18(13-23(24)30)26(33)32-15-16-9-11-31-12-10-16/h1-14,25H,15H2,(H,32,33). The summed E-state index contributed by atoms with van der Waals surface area (Å²) in [5, 5.41) is 4.15. The number of aromatic nitrogens is 1. The Bertz CT molecular complexity index is 1300. The minimum atomic E-state index is -0.733. The molecule has 0 aliphatic rings. The number of benzene rings is 3. The number of ether oxygens (including phenoxy) is 1. The van der Waals surface area contributed by atoms with Crippen molar-refractivity contribution in [3.8, 4) is 5.75 Å².